The van der Waals surface area contributed by atoms with Gasteiger partial charge in [0.25, 0.3) is 0 Å². The largest absolute Gasteiger partial charge is 0.396 e. The van der Waals surface area contributed by atoms with E-state index in [2.05, 4.69) is 11.2 Å². The molecule has 2 N–H and O–H groups in total. The van der Waals surface area contributed by atoms with Crippen molar-refractivity contribution in [2.45, 2.75) is 18.8 Å². The van der Waals surface area contributed by atoms with Crippen LogP contribution in [0.1, 0.15) is 24.5 Å². The Balaban J connectivity index is 2.01. The first-order chi connectivity index (χ1) is 7.84. The van der Waals surface area contributed by atoms with Crippen LogP contribution < -0.4 is 5.73 Å². The molecular weight excluding hydrogens is 202 g/mol. The molecule has 0 saturated carbocycles. The first-order valence-corrected chi connectivity index (χ1v) is 5.65. The first kappa shape index (κ1) is 9.66. The Bertz CT molecular complexity index is 500. The fraction of sp³-hybridized carbons (Fsp3) is 0.417. The molecule has 0 radical (unpaired) electrons. The van der Waals surface area contributed by atoms with Gasteiger partial charge in [0.1, 0.15) is 0 Å². The van der Waals surface area contributed by atoms with Gasteiger partial charge in [-0.1, -0.05) is 0 Å². The van der Waals surface area contributed by atoms with Crippen molar-refractivity contribution in [1.29, 1.82) is 0 Å². The van der Waals surface area contributed by atoms with Crippen LogP contribution in [0.25, 0.3) is 5.65 Å². The zero-order chi connectivity index (χ0) is 11.0. The molecule has 1 fully saturated rings. The molecule has 4 heteroatoms. The van der Waals surface area contributed by atoms with E-state index in [0.717, 1.165) is 43.1 Å². The summed E-state index contributed by atoms with van der Waals surface area (Å²) in [5, 5.41) is 0. The average molecular weight is 217 g/mol. The second kappa shape index (κ2) is 3.79. The van der Waals surface area contributed by atoms with Crippen LogP contribution in [0.2, 0.25) is 0 Å². The van der Waals surface area contributed by atoms with Crippen LogP contribution in [-0.4, -0.2) is 22.6 Å². The number of anilines is 1. The molecule has 0 amide bonds. The van der Waals surface area contributed by atoms with E-state index in [1.807, 2.05) is 22.7 Å². The van der Waals surface area contributed by atoms with Crippen molar-refractivity contribution in [3.63, 3.8) is 0 Å². The number of pyridine rings is 1. The maximum Gasteiger partial charge on any atom is 0.160 e. The summed E-state index contributed by atoms with van der Waals surface area (Å²) in [7, 11) is 0. The van der Waals surface area contributed by atoms with E-state index < -0.39 is 0 Å². The van der Waals surface area contributed by atoms with E-state index in [0.29, 0.717) is 5.92 Å². The summed E-state index contributed by atoms with van der Waals surface area (Å²) in [5.41, 5.74) is 8.56. The molecule has 1 saturated heterocycles. The minimum atomic E-state index is 0.424. The number of nitrogens with two attached hydrogens (primary N) is 1. The lowest BCUT2D eigenvalue weighted by atomic mass is 9.99. The number of hydrogen-bond acceptors (Lipinski definition) is 3. The highest BCUT2D eigenvalue weighted by molar-refractivity contribution is 5.64. The Morgan fingerprint density at radius 3 is 3.19 bits per heavy atom. The molecule has 3 rings (SSSR count). The van der Waals surface area contributed by atoms with Crippen molar-refractivity contribution in [3.8, 4) is 0 Å². The second-order valence-corrected chi connectivity index (χ2v) is 4.27. The van der Waals surface area contributed by atoms with Crippen LogP contribution in [0.3, 0.4) is 0 Å². The van der Waals surface area contributed by atoms with Gasteiger partial charge in [-0.25, -0.2) is 4.98 Å². The van der Waals surface area contributed by atoms with Gasteiger partial charge >= 0.3 is 0 Å². The normalized spacial score (nSPS) is 21.4. The average Bonchev–Trinajstić information content (AvgIpc) is 2.76. The molecule has 0 bridgehead atoms. The summed E-state index contributed by atoms with van der Waals surface area (Å²) in [6.45, 7) is 1.66. The van der Waals surface area contributed by atoms with Crippen LogP contribution in [0.15, 0.2) is 24.5 Å². The zero-order valence-electron chi connectivity index (χ0n) is 9.10. The van der Waals surface area contributed by atoms with Crippen molar-refractivity contribution in [1.82, 2.24) is 9.38 Å². The van der Waals surface area contributed by atoms with Gasteiger partial charge in [-0.05, 0) is 25.0 Å². The SMILES string of the molecule is Nc1cccn2cc(C3CCCOC3)nc12. The summed E-state index contributed by atoms with van der Waals surface area (Å²) in [6, 6.07) is 3.81. The Morgan fingerprint density at radius 2 is 2.44 bits per heavy atom. The Labute approximate surface area is 94.0 Å². The van der Waals surface area contributed by atoms with E-state index in [-0.39, 0.29) is 0 Å². The molecule has 1 unspecified atom stereocenters. The quantitative estimate of drug-likeness (QED) is 0.792. The monoisotopic (exact) mass is 217 g/mol. The molecule has 16 heavy (non-hydrogen) atoms. The van der Waals surface area contributed by atoms with Crippen molar-refractivity contribution < 1.29 is 4.74 Å². The molecule has 0 spiro atoms. The molecular formula is C12H15N3O. The zero-order valence-corrected chi connectivity index (χ0v) is 9.10. The number of ether oxygens (including phenoxy) is 1. The van der Waals surface area contributed by atoms with E-state index in [1.54, 1.807) is 0 Å². The molecule has 0 aliphatic carbocycles. The highest BCUT2D eigenvalue weighted by Gasteiger charge is 2.19. The standard InChI is InChI=1S/C12H15N3O/c13-10-4-1-5-15-7-11(14-12(10)15)9-3-2-6-16-8-9/h1,4-5,7,9H,2-3,6,8,13H2. The van der Waals surface area contributed by atoms with Crippen LogP contribution in [-0.2, 0) is 4.74 Å². The lowest BCUT2D eigenvalue weighted by Crippen LogP contribution is -2.15. The van der Waals surface area contributed by atoms with E-state index in [4.69, 9.17) is 10.5 Å². The first-order valence-electron chi connectivity index (χ1n) is 5.65. The number of hydrogen-bond donors (Lipinski definition) is 1. The number of rotatable bonds is 1. The topological polar surface area (TPSA) is 52.5 Å². The van der Waals surface area contributed by atoms with Crippen molar-refractivity contribution in [2.24, 2.45) is 0 Å². The fourth-order valence-electron chi connectivity index (χ4n) is 2.22. The lowest BCUT2D eigenvalue weighted by Gasteiger charge is -2.19. The van der Waals surface area contributed by atoms with Crippen LogP contribution >= 0.6 is 0 Å². The van der Waals surface area contributed by atoms with Crippen molar-refractivity contribution >= 4 is 11.3 Å². The molecule has 2 aromatic heterocycles. The molecule has 0 aromatic carbocycles. The summed E-state index contributed by atoms with van der Waals surface area (Å²) < 4.78 is 7.47. The minimum Gasteiger partial charge on any atom is -0.396 e. The predicted molar refractivity (Wildman–Crippen MR) is 62.4 cm³/mol. The summed E-state index contributed by atoms with van der Waals surface area (Å²) in [6.07, 6.45) is 6.31. The Hall–Kier alpha value is -1.55. The number of fused-ring (bicyclic) bond motifs is 1. The highest BCUT2D eigenvalue weighted by Crippen LogP contribution is 2.25. The number of nitrogen functional groups attached to an aromatic ring is 1. The second-order valence-electron chi connectivity index (χ2n) is 4.27. The van der Waals surface area contributed by atoms with Crippen LogP contribution in [0.5, 0.6) is 0 Å². The Morgan fingerprint density at radius 1 is 1.50 bits per heavy atom. The number of imidazole rings is 1. The van der Waals surface area contributed by atoms with Gasteiger partial charge in [0.15, 0.2) is 5.65 Å². The van der Waals surface area contributed by atoms with Gasteiger partial charge in [0, 0.05) is 24.9 Å². The third kappa shape index (κ3) is 1.55. The van der Waals surface area contributed by atoms with Gasteiger partial charge in [-0.15, -0.1) is 0 Å². The number of aromatic nitrogens is 2. The summed E-state index contributed by atoms with van der Waals surface area (Å²) in [4.78, 5) is 4.59. The lowest BCUT2D eigenvalue weighted by molar-refractivity contribution is 0.0794. The summed E-state index contributed by atoms with van der Waals surface area (Å²) >= 11 is 0. The molecule has 2 aromatic rings. The minimum absolute atomic E-state index is 0.424. The van der Waals surface area contributed by atoms with Gasteiger partial charge in [0.05, 0.1) is 18.0 Å². The van der Waals surface area contributed by atoms with E-state index in [9.17, 15) is 0 Å². The molecule has 3 heterocycles. The third-order valence-corrected chi connectivity index (χ3v) is 3.11. The fourth-order valence-corrected chi connectivity index (χ4v) is 2.22. The third-order valence-electron chi connectivity index (χ3n) is 3.11. The molecule has 1 aliphatic heterocycles. The van der Waals surface area contributed by atoms with Crippen LogP contribution in [0.4, 0.5) is 5.69 Å². The van der Waals surface area contributed by atoms with Crippen molar-refractivity contribution in [2.75, 3.05) is 18.9 Å². The number of nitrogens with zero attached hydrogens (tertiary/aromatic N) is 2. The maximum atomic E-state index is 5.88. The highest BCUT2D eigenvalue weighted by atomic mass is 16.5. The van der Waals surface area contributed by atoms with E-state index >= 15 is 0 Å². The summed E-state index contributed by atoms with van der Waals surface area (Å²) in [5.74, 6) is 0.424. The van der Waals surface area contributed by atoms with Gasteiger partial charge < -0.3 is 14.9 Å². The predicted octanol–water partition coefficient (Wildman–Crippen LogP) is 1.81. The van der Waals surface area contributed by atoms with Crippen molar-refractivity contribution in [3.05, 3.63) is 30.2 Å². The van der Waals surface area contributed by atoms with Gasteiger partial charge in [-0.2, -0.15) is 0 Å². The van der Waals surface area contributed by atoms with Crippen LogP contribution in [0, 0.1) is 0 Å². The molecule has 4 nitrogen and oxygen atoms in total. The smallest absolute Gasteiger partial charge is 0.160 e. The van der Waals surface area contributed by atoms with E-state index in [1.165, 1.54) is 0 Å². The molecule has 1 aliphatic rings. The molecule has 1 atom stereocenters. The molecule has 84 valence electrons. The maximum absolute atomic E-state index is 5.88. The van der Waals surface area contributed by atoms with Gasteiger partial charge in [0.2, 0.25) is 0 Å². The van der Waals surface area contributed by atoms with Gasteiger partial charge in [-0.3, -0.25) is 0 Å². The Kier molecular flexibility index (Phi) is 2.29.